The van der Waals surface area contributed by atoms with E-state index < -0.39 is 0 Å². The van der Waals surface area contributed by atoms with Crippen LogP contribution in [0, 0.1) is 0 Å². The minimum atomic E-state index is 0. The monoisotopic (exact) mass is 446 g/mol. The molecule has 6 heteroatoms. The maximum Gasteiger partial charge on any atom is 0.191 e. The van der Waals surface area contributed by atoms with Gasteiger partial charge in [0.25, 0.3) is 0 Å². The molecule has 0 bridgehead atoms. The highest BCUT2D eigenvalue weighted by molar-refractivity contribution is 14.0. The highest BCUT2D eigenvalue weighted by atomic mass is 127. The summed E-state index contributed by atoms with van der Waals surface area (Å²) in [5, 5.41) is 6.80. The third-order valence-electron chi connectivity index (χ3n) is 4.32. The molecule has 1 saturated heterocycles. The molecule has 0 saturated carbocycles. The Labute approximate surface area is 163 Å². The SMILES string of the molecule is CN=C(NCC1CN(C)CCO1)NCC(C)(C)c1ccccc1.I. The second-order valence-electron chi connectivity index (χ2n) is 6.81. The third kappa shape index (κ3) is 6.57. The van der Waals surface area contributed by atoms with Crippen LogP contribution in [0.5, 0.6) is 0 Å². The number of rotatable bonds is 5. The van der Waals surface area contributed by atoms with Crippen molar-refractivity contribution >= 4 is 29.9 Å². The van der Waals surface area contributed by atoms with Gasteiger partial charge in [-0.3, -0.25) is 4.99 Å². The molecule has 1 fully saturated rings. The highest BCUT2D eigenvalue weighted by Crippen LogP contribution is 2.21. The smallest absolute Gasteiger partial charge is 0.191 e. The third-order valence-corrected chi connectivity index (χ3v) is 4.32. The maximum atomic E-state index is 5.77. The van der Waals surface area contributed by atoms with Gasteiger partial charge in [0.15, 0.2) is 5.96 Å². The topological polar surface area (TPSA) is 48.9 Å². The van der Waals surface area contributed by atoms with Gasteiger partial charge in [0.05, 0.1) is 12.7 Å². The average molecular weight is 446 g/mol. The lowest BCUT2D eigenvalue weighted by atomic mass is 9.85. The van der Waals surface area contributed by atoms with Crippen molar-refractivity contribution in [1.29, 1.82) is 0 Å². The van der Waals surface area contributed by atoms with Crippen molar-refractivity contribution in [1.82, 2.24) is 15.5 Å². The molecule has 2 N–H and O–H groups in total. The molecule has 1 unspecified atom stereocenters. The molecule has 1 aromatic carbocycles. The molecule has 136 valence electrons. The second-order valence-corrected chi connectivity index (χ2v) is 6.81. The Morgan fingerprint density at radius 3 is 2.62 bits per heavy atom. The number of hydrogen-bond acceptors (Lipinski definition) is 3. The first-order valence-electron chi connectivity index (χ1n) is 8.31. The van der Waals surface area contributed by atoms with Gasteiger partial charge in [-0.2, -0.15) is 0 Å². The Kier molecular flexibility index (Phi) is 9.01. The van der Waals surface area contributed by atoms with E-state index in [9.17, 15) is 0 Å². The van der Waals surface area contributed by atoms with Crippen LogP contribution < -0.4 is 10.6 Å². The van der Waals surface area contributed by atoms with Crippen LogP contribution >= 0.6 is 24.0 Å². The van der Waals surface area contributed by atoms with Gasteiger partial charge in [0, 0.05) is 38.6 Å². The van der Waals surface area contributed by atoms with E-state index in [0.717, 1.165) is 38.7 Å². The number of halogens is 1. The fourth-order valence-corrected chi connectivity index (χ4v) is 2.72. The Hall–Kier alpha value is -0.860. The van der Waals surface area contributed by atoms with E-state index in [-0.39, 0.29) is 35.5 Å². The summed E-state index contributed by atoms with van der Waals surface area (Å²) in [5.41, 5.74) is 1.36. The van der Waals surface area contributed by atoms with Crippen LogP contribution in [-0.4, -0.2) is 63.8 Å². The molecule has 1 atom stereocenters. The first-order chi connectivity index (χ1) is 11.0. The molecule has 0 amide bonds. The molecule has 1 aliphatic heterocycles. The summed E-state index contributed by atoms with van der Waals surface area (Å²) in [6, 6.07) is 10.6. The van der Waals surface area contributed by atoms with Crippen molar-refractivity contribution in [3.63, 3.8) is 0 Å². The first-order valence-corrected chi connectivity index (χ1v) is 8.31. The fourth-order valence-electron chi connectivity index (χ4n) is 2.72. The molecule has 1 heterocycles. The Balaban J connectivity index is 0.00000288. The summed E-state index contributed by atoms with van der Waals surface area (Å²) in [6.07, 6.45) is 0.217. The van der Waals surface area contributed by atoms with Crippen LogP contribution in [0.4, 0.5) is 0 Å². The molecular formula is C18H31IN4O. The largest absolute Gasteiger partial charge is 0.374 e. The molecule has 1 aromatic rings. The normalized spacial score (nSPS) is 19.5. The number of ether oxygens (including phenoxy) is 1. The molecule has 1 aliphatic rings. The zero-order valence-corrected chi connectivity index (χ0v) is 17.5. The fraction of sp³-hybridized carbons (Fsp3) is 0.611. The van der Waals surface area contributed by atoms with Crippen LogP contribution in [-0.2, 0) is 10.2 Å². The summed E-state index contributed by atoms with van der Waals surface area (Å²) in [7, 11) is 3.93. The molecule has 0 aromatic heterocycles. The number of morpholine rings is 1. The average Bonchev–Trinajstić information content (AvgIpc) is 2.56. The zero-order valence-electron chi connectivity index (χ0n) is 15.2. The number of guanidine groups is 1. The lowest BCUT2D eigenvalue weighted by Gasteiger charge is -2.31. The van der Waals surface area contributed by atoms with E-state index in [1.54, 1.807) is 7.05 Å². The van der Waals surface area contributed by atoms with Crippen LogP contribution in [0.3, 0.4) is 0 Å². The quantitative estimate of drug-likeness (QED) is 0.413. The van der Waals surface area contributed by atoms with E-state index in [2.05, 4.69) is 71.8 Å². The van der Waals surface area contributed by atoms with Gasteiger partial charge in [-0.25, -0.2) is 0 Å². The van der Waals surface area contributed by atoms with E-state index >= 15 is 0 Å². The number of benzene rings is 1. The number of hydrogen-bond donors (Lipinski definition) is 2. The summed E-state index contributed by atoms with van der Waals surface area (Å²) in [4.78, 5) is 6.61. The standard InChI is InChI=1S/C18H30N4O.HI/c1-18(2,15-8-6-5-7-9-15)14-21-17(19-3)20-12-16-13-22(4)10-11-23-16;/h5-9,16H,10-14H2,1-4H3,(H2,19,20,21);1H. The van der Waals surface area contributed by atoms with Gasteiger partial charge < -0.3 is 20.3 Å². The zero-order chi connectivity index (χ0) is 16.7. The van der Waals surface area contributed by atoms with Crippen molar-refractivity contribution in [2.45, 2.75) is 25.4 Å². The van der Waals surface area contributed by atoms with Gasteiger partial charge in [0.1, 0.15) is 0 Å². The molecule has 0 spiro atoms. The van der Waals surface area contributed by atoms with Gasteiger partial charge in [-0.15, -0.1) is 24.0 Å². The predicted molar refractivity (Wildman–Crippen MR) is 111 cm³/mol. The van der Waals surface area contributed by atoms with Crippen molar-refractivity contribution < 1.29 is 4.74 Å². The number of aliphatic imine (C=N–C) groups is 1. The molecule has 0 radical (unpaired) electrons. The molecule has 24 heavy (non-hydrogen) atoms. The number of nitrogens with zero attached hydrogens (tertiary/aromatic N) is 2. The minimum Gasteiger partial charge on any atom is -0.374 e. The predicted octanol–water partition coefficient (Wildman–Crippen LogP) is 2.08. The van der Waals surface area contributed by atoms with Crippen molar-refractivity contribution in [3.8, 4) is 0 Å². The molecule has 2 rings (SSSR count). The van der Waals surface area contributed by atoms with Gasteiger partial charge >= 0.3 is 0 Å². The van der Waals surface area contributed by atoms with Crippen molar-refractivity contribution in [2.24, 2.45) is 4.99 Å². The van der Waals surface area contributed by atoms with E-state index in [1.807, 2.05) is 0 Å². The van der Waals surface area contributed by atoms with Crippen LogP contribution in [0.1, 0.15) is 19.4 Å². The Bertz CT molecular complexity index is 507. The van der Waals surface area contributed by atoms with Gasteiger partial charge in [0.2, 0.25) is 0 Å². The van der Waals surface area contributed by atoms with Crippen LogP contribution in [0.2, 0.25) is 0 Å². The second kappa shape index (κ2) is 10.2. The molecular weight excluding hydrogens is 415 g/mol. The summed E-state index contributed by atoms with van der Waals surface area (Å²) in [5.74, 6) is 0.825. The molecule has 0 aliphatic carbocycles. The summed E-state index contributed by atoms with van der Waals surface area (Å²) < 4.78 is 5.77. The number of nitrogens with one attached hydrogen (secondary N) is 2. The number of likely N-dealkylation sites (N-methyl/N-ethyl adjacent to an activating group) is 1. The Morgan fingerprint density at radius 2 is 2.00 bits per heavy atom. The summed E-state index contributed by atoms with van der Waals surface area (Å²) in [6.45, 7) is 8.84. The Morgan fingerprint density at radius 1 is 1.29 bits per heavy atom. The van der Waals surface area contributed by atoms with E-state index in [4.69, 9.17) is 4.74 Å². The lowest BCUT2D eigenvalue weighted by molar-refractivity contribution is -0.0161. The van der Waals surface area contributed by atoms with Crippen LogP contribution in [0.25, 0.3) is 0 Å². The van der Waals surface area contributed by atoms with E-state index in [1.165, 1.54) is 5.56 Å². The lowest BCUT2D eigenvalue weighted by Crippen LogP contribution is -2.49. The van der Waals surface area contributed by atoms with Gasteiger partial charge in [-0.05, 0) is 12.6 Å². The maximum absolute atomic E-state index is 5.77. The molecule has 5 nitrogen and oxygen atoms in total. The van der Waals surface area contributed by atoms with Crippen molar-refractivity contribution in [2.75, 3.05) is 46.9 Å². The van der Waals surface area contributed by atoms with Crippen LogP contribution in [0.15, 0.2) is 35.3 Å². The summed E-state index contributed by atoms with van der Waals surface area (Å²) >= 11 is 0. The minimum absolute atomic E-state index is 0. The first kappa shape index (κ1) is 21.2. The van der Waals surface area contributed by atoms with E-state index in [0.29, 0.717) is 0 Å². The van der Waals surface area contributed by atoms with Crippen molar-refractivity contribution in [3.05, 3.63) is 35.9 Å². The highest BCUT2D eigenvalue weighted by Gasteiger charge is 2.21. The van der Waals surface area contributed by atoms with Gasteiger partial charge in [-0.1, -0.05) is 44.2 Å².